The van der Waals surface area contributed by atoms with Gasteiger partial charge in [-0.15, -0.1) is 0 Å². The summed E-state index contributed by atoms with van der Waals surface area (Å²) >= 11 is 5.02. The summed E-state index contributed by atoms with van der Waals surface area (Å²) in [5, 5.41) is 12.0. The van der Waals surface area contributed by atoms with E-state index < -0.39 is 0 Å². The molecule has 0 spiro atoms. The maximum atomic E-state index is 11.6. The number of benzene rings is 1. The number of rotatable bonds is 6. The average Bonchev–Trinajstić information content (AvgIpc) is 2.51. The number of thiocarbonyl (C=S) groups is 1. The molecule has 1 aromatic carbocycles. The third-order valence-electron chi connectivity index (χ3n) is 2.68. The molecule has 7 heteroatoms. The Morgan fingerprint density at radius 3 is 2.59 bits per heavy atom. The fraction of sp³-hybridized carbons (Fsp3) is 0.400. The van der Waals surface area contributed by atoms with Gasteiger partial charge in [-0.05, 0) is 48.8 Å². The van der Waals surface area contributed by atoms with Gasteiger partial charge in [0, 0.05) is 6.54 Å². The monoisotopic (exact) mass is 320 g/mol. The van der Waals surface area contributed by atoms with E-state index in [1.54, 1.807) is 24.3 Å². The summed E-state index contributed by atoms with van der Waals surface area (Å²) in [5.41, 5.74) is 5.59. The molecule has 0 heterocycles. The Morgan fingerprint density at radius 1 is 1.32 bits per heavy atom. The summed E-state index contributed by atoms with van der Waals surface area (Å²) in [6.07, 6.45) is 0.998. The van der Waals surface area contributed by atoms with Crippen LogP contribution < -0.4 is 20.9 Å². The molecule has 0 bridgehead atoms. The van der Waals surface area contributed by atoms with Crippen molar-refractivity contribution in [2.45, 2.75) is 20.3 Å². The largest absolute Gasteiger partial charge is 0.484 e. The minimum Gasteiger partial charge on any atom is -0.484 e. The Bertz CT molecular complexity index is 537. The van der Waals surface area contributed by atoms with Crippen molar-refractivity contribution < 1.29 is 9.53 Å². The van der Waals surface area contributed by atoms with Crippen molar-refractivity contribution in [1.82, 2.24) is 16.2 Å². The van der Waals surface area contributed by atoms with E-state index in [1.165, 1.54) is 0 Å². The van der Waals surface area contributed by atoms with Gasteiger partial charge in [0.1, 0.15) is 5.75 Å². The van der Waals surface area contributed by atoms with Gasteiger partial charge >= 0.3 is 0 Å². The minimum atomic E-state index is -0.350. The van der Waals surface area contributed by atoms with Crippen LogP contribution >= 0.6 is 12.2 Å². The predicted octanol–water partition coefficient (Wildman–Crippen LogP) is 1.48. The van der Waals surface area contributed by atoms with Crippen molar-refractivity contribution >= 4 is 23.2 Å². The summed E-state index contributed by atoms with van der Waals surface area (Å²) in [6.45, 7) is 4.86. The Hall–Kier alpha value is -2.33. The molecule has 22 heavy (non-hydrogen) atoms. The zero-order chi connectivity index (χ0) is 16.4. The molecule has 6 nitrogen and oxygen atoms in total. The normalized spacial score (nSPS) is 9.73. The SMILES string of the molecule is CC(C)CCNC(=S)NNC(=O)COc1ccc(C#N)cc1. The van der Waals surface area contributed by atoms with Crippen molar-refractivity contribution in [2.75, 3.05) is 13.2 Å². The molecule has 1 rings (SSSR count). The second kappa shape index (κ2) is 9.58. The fourth-order valence-electron chi connectivity index (χ4n) is 1.46. The fourth-order valence-corrected chi connectivity index (χ4v) is 1.61. The molecule has 0 atom stereocenters. The number of ether oxygens (including phenoxy) is 1. The van der Waals surface area contributed by atoms with E-state index in [1.807, 2.05) is 6.07 Å². The van der Waals surface area contributed by atoms with E-state index in [2.05, 4.69) is 30.0 Å². The number of carbonyl (C=O) groups excluding carboxylic acids is 1. The number of amides is 1. The van der Waals surface area contributed by atoms with E-state index in [4.69, 9.17) is 22.2 Å². The molecule has 0 aliphatic carbocycles. The molecular formula is C15H20N4O2S. The van der Waals surface area contributed by atoms with Gasteiger partial charge in [0.15, 0.2) is 11.7 Å². The number of nitrogens with zero attached hydrogens (tertiary/aromatic N) is 1. The first-order valence-corrected chi connectivity index (χ1v) is 7.37. The first-order valence-electron chi connectivity index (χ1n) is 6.97. The highest BCUT2D eigenvalue weighted by atomic mass is 32.1. The highest BCUT2D eigenvalue weighted by Crippen LogP contribution is 2.10. The van der Waals surface area contributed by atoms with Gasteiger partial charge in [-0.25, -0.2) is 0 Å². The number of hydrazine groups is 1. The Labute approximate surface area is 135 Å². The van der Waals surface area contributed by atoms with Gasteiger partial charge < -0.3 is 10.1 Å². The Kier molecular flexibility index (Phi) is 7.72. The van der Waals surface area contributed by atoms with Crippen LogP contribution in [0.4, 0.5) is 0 Å². The van der Waals surface area contributed by atoms with Crippen LogP contribution in [0.5, 0.6) is 5.75 Å². The molecular weight excluding hydrogens is 300 g/mol. The molecule has 0 aromatic heterocycles. The van der Waals surface area contributed by atoms with E-state index in [0.717, 1.165) is 13.0 Å². The van der Waals surface area contributed by atoms with Crippen LogP contribution in [0.2, 0.25) is 0 Å². The average molecular weight is 320 g/mol. The molecule has 0 fully saturated rings. The lowest BCUT2D eigenvalue weighted by atomic mass is 10.1. The van der Waals surface area contributed by atoms with E-state index in [-0.39, 0.29) is 12.5 Å². The molecule has 0 saturated carbocycles. The molecule has 0 aliphatic heterocycles. The smallest absolute Gasteiger partial charge is 0.276 e. The molecule has 118 valence electrons. The first kappa shape index (κ1) is 17.7. The Balaban J connectivity index is 2.20. The maximum absolute atomic E-state index is 11.6. The maximum Gasteiger partial charge on any atom is 0.276 e. The van der Waals surface area contributed by atoms with Crippen LogP contribution in [0.15, 0.2) is 24.3 Å². The summed E-state index contributed by atoms with van der Waals surface area (Å²) in [7, 11) is 0. The van der Waals surface area contributed by atoms with Crippen LogP contribution in [-0.4, -0.2) is 24.2 Å². The van der Waals surface area contributed by atoms with Crippen LogP contribution in [0.25, 0.3) is 0 Å². The Morgan fingerprint density at radius 2 is 2.00 bits per heavy atom. The quantitative estimate of drug-likeness (QED) is 0.544. The second-order valence-electron chi connectivity index (χ2n) is 5.04. The lowest BCUT2D eigenvalue weighted by Crippen LogP contribution is -2.48. The zero-order valence-electron chi connectivity index (χ0n) is 12.7. The van der Waals surface area contributed by atoms with Gasteiger partial charge in [-0.3, -0.25) is 15.6 Å². The third kappa shape index (κ3) is 7.45. The minimum absolute atomic E-state index is 0.145. The summed E-state index contributed by atoms with van der Waals surface area (Å²) in [6, 6.07) is 8.53. The number of hydrogen-bond donors (Lipinski definition) is 3. The van der Waals surface area contributed by atoms with Crippen molar-refractivity contribution in [3.05, 3.63) is 29.8 Å². The molecule has 1 amide bonds. The van der Waals surface area contributed by atoms with Gasteiger partial charge in [-0.1, -0.05) is 13.8 Å². The van der Waals surface area contributed by atoms with Crippen molar-refractivity contribution in [1.29, 1.82) is 5.26 Å². The number of nitriles is 1. The molecule has 0 saturated heterocycles. The molecule has 0 aliphatic rings. The van der Waals surface area contributed by atoms with Gasteiger partial charge in [0.2, 0.25) is 0 Å². The molecule has 0 radical (unpaired) electrons. The first-order chi connectivity index (χ1) is 10.5. The number of hydrogen-bond acceptors (Lipinski definition) is 4. The van der Waals surface area contributed by atoms with E-state index in [0.29, 0.717) is 22.3 Å². The van der Waals surface area contributed by atoms with Crippen molar-refractivity contribution in [3.8, 4) is 11.8 Å². The van der Waals surface area contributed by atoms with Crippen LogP contribution in [0.3, 0.4) is 0 Å². The lowest BCUT2D eigenvalue weighted by Gasteiger charge is -2.12. The topological polar surface area (TPSA) is 86.2 Å². The van der Waals surface area contributed by atoms with Gasteiger partial charge in [0.05, 0.1) is 11.6 Å². The van der Waals surface area contributed by atoms with Gasteiger partial charge in [-0.2, -0.15) is 5.26 Å². The van der Waals surface area contributed by atoms with Crippen molar-refractivity contribution in [2.24, 2.45) is 5.92 Å². The summed E-state index contributed by atoms with van der Waals surface area (Å²) in [4.78, 5) is 11.6. The summed E-state index contributed by atoms with van der Waals surface area (Å²) in [5.74, 6) is 0.759. The highest BCUT2D eigenvalue weighted by Gasteiger charge is 2.04. The molecule has 1 aromatic rings. The van der Waals surface area contributed by atoms with E-state index >= 15 is 0 Å². The van der Waals surface area contributed by atoms with E-state index in [9.17, 15) is 4.79 Å². The molecule has 0 unspecified atom stereocenters. The predicted molar refractivity (Wildman–Crippen MR) is 88.0 cm³/mol. The van der Waals surface area contributed by atoms with Crippen LogP contribution in [0, 0.1) is 17.2 Å². The zero-order valence-corrected chi connectivity index (χ0v) is 13.5. The highest BCUT2D eigenvalue weighted by molar-refractivity contribution is 7.80. The van der Waals surface area contributed by atoms with Crippen LogP contribution in [0.1, 0.15) is 25.8 Å². The second-order valence-corrected chi connectivity index (χ2v) is 5.44. The van der Waals surface area contributed by atoms with Crippen molar-refractivity contribution in [3.63, 3.8) is 0 Å². The number of nitrogens with one attached hydrogen (secondary N) is 3. The summed E-state index contributed by atoms with van der Waals surface area (Å²) < 4.78 is 5.29. The lowest BCUT2D eigenvalue weighted by molar-refractivity contribution is -0.123. The van der Waals surface area contributed by atoms with Gasteiger partial charge in [0.25, 0.3) is 5.91 Å². The standard InChI is InChI=1S/C15H20N4O2S/c1-11(2)7-8-17-15(22)19-18-14(20)10-21-13-5-3-12(9-16)4-6-13/h3-6,11H,7-8,10H2,1-2H3,(H,18,20)(H2,17,19,22). The molecule has 3 N–H and O–H groups in total. The van der Waals surface area contributed by atoms with Crippen LogP contribution in [-0.2, 0) is 4.79 Å². The third-order valence-corrected chi connectivity index (χ3v) is 2.92. The number of carbonyl (C=O) groups is 1.